The molecule has 5 N–H and O–H groups in total. The van der Waals surface area contributed by atoms with Crippen LogP contribution in [0.1, 0.15) is 38.5 Å². The molecule has 0 spiro atoms. The molecule has 0 aromatic carbocycles. The van der Waals surface area contributed by atoms with Crippen LogP contribution >= 0.6 is 11.8 Å². The van der Waals surface area contributed by atoms with Gasteiger partial charge in [0.05, 0.1) is 11.4 Å². The monoisotopic (exact) mass is 359 g/mol. The van der Waals surface area contributed by atoms with E-state index in [4.69, 9.17) is 5.73 Å². The van der Waals surface area contributed by atoms with E-state index in [9.17, 15) is 24.6 Å². The molecule has 0 saturated carbocycles. The molecule has 4 atom stereocenters. The van der Waals surface area contributed by atoms with Crippen molar-refractivity contribution in [2.45, 2.75) is 62.0 Å². The van der Waals surface area contributed by atoms with E-state index in [1.54, 1.807) is 0 Å². The van der Waals surface area contributed by atoms with Crippen molar-refractivity contribution in [3.8, 4) is 0 Å². The number of thioether (sulfide) groups is 1. The number of hydrogen-bond donors (Lipinski definition) is 4. The molecular formula is C15H25N3O5S. The molecule has 2 heterocycles. The summed E-state index contributed by atoms with van der Waals surface area (Å²) in [4.78, 5) is 37.1. The molecule has 0 aliphatic carbocycles. The van der Waals surface area contributed by atoms with Gasteiger partial charge in [0.25, 0.3) is 0 Å². The van der Waals surface area contributed by atoms with E-state index in [-0.39, 0.29) is 11.3 Å². The molecule has 24 heavy (non-hydrogen) atoms. The minimum Gasteiger partial charge on any atom is -0.480 e. The second-order valence-electron chi connectivity index (χ2n) is 6.21. The Balaban J connectivity index is 2.06. The number of carbonyl (C=O) groups is 3. The molecule has 4 unspecified atom stereocenters. The summed E-state index contributed by atoms with van der Waals surface area (Å²) in [5.74, 6) is -1.90. The Morgan fingerprint density at radius 3 is 2.71 bits per heavy atom. The zero-order valence-corrected chi connectivity index (χ0v) is 14.3. The van der Waals surface area contributed by atoms with Gasteiger partial charge in [-0.1, -0.05) is 6.42 Å². The fourth-order valence-corrected chi connectivity index (χ4v) is 4.69. The molecule has 8 nitrogen and oxygen atoms in total. The molecule has 136 valence electrons. The van der Waals surface area contributed by atoms with Crippen LogP contribution in [0.25, 0.3) is 0 Å². The van der Waals surface area contributed by atoms with Crippen LogP contribution in [0, 0.1) is 0 Å². The number of carbonyl (C=O) groups excluding carboxylic acids is 1. The molecule has 9 heteroatoms. The fraction of sp³-hybridized carbons (Fsp3) is 0.800. The third-order valence-electron chi connectivity index (χ3n) is 4.52. The first-order valence-electron chi connectivity index (χ1n) is 8.31. The van der Waals surface area contributed by atoms with Gasteiger partial charge in [-0.2, -0.15) is 0 Å². The Hall–Kier alpha value is -1.32. The lowest BCUT2D eigenvalue weighted by Crippen LogP contribution is -2.55. The smallest absolute Gasteiger partial charge is 0.327 e. The number of nitrogens with zero attached hydrogens (tertiary/aromatic N) is 1. The number of carboxylic acid groups (broad SMARTS) is 2. The van der Waals surface area contributed by atoms with Crippen LogP contribution < -0.4 is 11.1 Å². The number of unbranched alkanes of at least 4 members (excludes halogenated alkanes) is 1. The van der Waals surface area contributed by atoms with Gasteiger partial charge in [-0.3, -0.25) is 14.9 Å². The highest BCUT2D eigenvalue weighted by Crippen LogP contribution is 2.35. The van der Waals surface area contributed by atoms with E-state index in [0.29, 0.717) is 31.6 Å². The lowest BCUT2D eigenvalue weighted by molar-refractivity contribution is -0.150. The largest absolute Gasteiger partial charge is 0.480 e. The lowest BCUT2D eigenvalue weighted by Gasteiger charge is -2.29. The SMILES string of the molecule is NCCCCC(NC1CCCC2SCC(C(=O)O)N2C1=O)C(=O)O. The summed E-state index contributed by atoms with van der Waals surface area (Å²) in [5.41, 5.74) is 5.43. The first kappa shape index (κ1) is 19.0. The second kappa shape index (κ2) is 8.68. The van der Waals surface area contributed by atoms with Crippen molar-refractivity contribution >= 4 is 29.6 Å². The Morgan fingerprint density at radius 2 is 2.08 bits per heavy atom. The normalized spacial score (nSPS) is 28.3. The quantitative estimate of drug-likeness (QED) is 0.447. The van der Waals surface area contributed by atoms with Gasteiger partial charge in [-0.05, 0) is 38.6 Å². The second-order valence-corrected chi connectivity index (χ2v) is 7.42. The van der Waals surface area contributed by atoms with Crippen molar-refractivity contribution in [1.29, 1.82) is 0 Å². The van der Waals surface area contributed by atoms with Crippen LogP contribution in [0.3, 0.4) is 0 Å². The number of carboxylic acids is 2. The molecule has 0 radical (unpaired) electrons. The van der Waals surface area contributed by atoms with E-state index in [0.717, 1.165) is 19.3 Å². The topological polar surface area (TPSA) is 133 Å². The van der Waals surface area contributed by atoms with Gasteiger partial charge >= 0.3 is 11.9 Å². The molecule has 1 amide bonds. The minimum atomic E-state index is -1.00. The van der Waals surface area contributed by atoms with E-state index in [2.05, 4.69) is 5.32 Å². The highest BCUT2D eigenvalue weighted by Gasteiger charge is 2.45. The standard InChI is InChI=1S/C15H25N3O5S/c16-7-2-1-4-10(14(20)21)17-9-5-3-6-12-18(13(9)19)11(8-24-12)15(22)23/h9-12,17H,1-8,16H2,(H,20,21)(H,22,23). The number of rotatable bonds is 8. The zero-order valence-electron chi connectivity index (χ0n) is 13.5. The van der Waals surface area contributed by atoms with Crippen LogP contribution in [0.15, 0.2) is 0 Å². The number of aliphatic carboxylic acids is 2. The van der Waals surface area contributed by atoms with Crippen molar-refractivity contribution < 1.29 is 24.6 Å². The summed E-state index contributed by atoms with van der Waals surface area (Å²) in [6.07, 6.45) is 3.83. The molecule has 0 bridgehead atoms. The predicted molar refractivity (Wildman–Crippen MR) is 89.6 cm³/mol. The summed E-state index contributed by atoms with van der Waals surface area (Å²) in [6.45, 7) is 0.502. The maximum Gasteiger partial charge on any atom is 0.327 e. The van der Waals surface area contributed by atoms with E-state index in [1.807, 2.05) is 0 Å². The number of nitrogens with one attached hydrogen (secondary N) is 1. The summed E-state index contributed by atoms with van der Waals surface area (Å²) >= 11 is 1.49. The molecule has 2 rings (SSSR count). The Kier molecular flexibility index (Phi) is 6.88. The Morgan fingerprint density at radius 1 is 1.33 bits per heavy atom. The summed E-state index contributed by atoms with van der Waals surface area (Å²) in [7, 11) is 0. The molecule has 2 aliphatic heterocycles. The van der Waals surface area contributed by atoms with Crippen molar-refractivity contribution in [2.24, 2.45) is 5.73 Å². The van der Waals surface area contributed by atoms with Gasteiger partial charge in [0, 0.05) is 5.75 Å². The maximum absolute atomic E-state index is 12.8. The van der Waals surface area contributed by atoms with Crippen LogP contribution in [-0.4, -0.2) is 68.8 Å². The van der Waals surface area contributed by atoms with Crippen LogP contribution in [0.2, 0.25) is 0 Å². The predicted octanol–water partition coefficient (Wildman–Crippen LogP) is 0.0654. The highest BCUT2D eigenvalue weighted by molar-refractivity contribution is 8.00. The number of nitrogens with two attached hydrogens (primary N) is 1. The van der Waals surface area contributed by atoms with Gasteiger partial charge in [-0.25, -0.2) is 4.79 Å². The summed E-state index contributed by atoms with van der Waals surface area (Å²) < 4.78 is 0. The van der Waals surface area contributed by atoms with Gasteiger partial charge in [0.2, 0.25) is 5.91 Å². The maximum atomic E-state index is 12.8. The molecular weight excluding hydrogens is 334 g/mol. The zero-order chi connectivity index (χ0) is 17.7. The van der Waals surface area contributed by atoms with Crippen molar-refractivity contribution in [3.63, 3.8) is 0 Å². The van der Waals surface area contributed by atoms with Gasteiger partial charge < -0.3 is 20.8 Å². The molecule has 0 aromatic rings. The van der Waals surface area contributed by atoms with Crippen LogP contribution in [-0.2, 0) is 14.4 Å². The van der Waals surface area contributed by atoms with E-state index >= 15 is 0 Å². The molecule has 2 aliphatic rings. The minimum absolute atomic E-state index is 0.120. The molecule has 2 fully saturated rings. The number of fused-ring (bicyclic) bond motifs is 1. The fourth-order valence-electron chi connectivity index (χ4n) is 3.24. The Labute approximate surface area is 145 Å². The number of hydrogen-bond acceptors (Lipinski definition) is 6. The van der Waals surface area contributed by atoms with E-state index in [1.165, 1.54) is 16.7 Å². The van der Waals surface area contributed by atoms with Gasteiger partial charge in [0.1, 0.15) is 12.1 Å². The van der Waals surface area contributed by atoms with E-state index < -0.39 is 30.1 Å². The van der Waals surface area contributed by atoms with Gasteiger partial charge in [-0.15, -0.1) is 11.8 Å². The molecule has 0 aromatic heterocycles. The van der Waals surface area contributed by atoms with Crippen molar-refractivity contribution in [2.75, 3.05) is 12.3 Å². The number of amides is 1. The van der Waals surface area contributed by atoms with Gasteiger partial charge in [0.15, 0.2) is 0 Å². The van der Waals surface area contributed by atoms with Crippen LogP contribution in [0.5, 0.6) is 0 Å². The van der Waals surface area contributed by atoms with Crippen LogP contribution in [0.4, 0.5) is 0 Å². The summed E-state index contributed by atoms with van der Waals surface area (Å²) in [6, 6.07) is -2.29. The lowest BCUT2D eigenvalue weighted by atomic mass is 10.1. The van der Waals surface area contributed by atoms with Crippen molar-refractivity contribution in [1.82, 2.24) is 10.2 Å². The summed E-state index contributed by atoms with van der Waals surface area (Å²) in [5, 5.41) is 21.5. The highest BCUT2D eigenvalue weighted by atomic mass is 32.2. The average molecular weight is 359 g/mol. The molecule has 2 saturated heterocycles. The first-order valence-corrected chi connectivity index (χ1v) is 9.36. The first-order chi connectivity index (χ1) is 11.5. The van der Waals surface area contributed by atoms with Crippen molar-refractivity contribution in [3.05, 3.63) is 0 Å². The third-order valence-corrected chi connectivity index (χ3v) is 5.88. The Bertz CT molecular complexity index is 490. The average Bonchev–Trinajstić information content (AvgIpc) is 2.89. The third kappa shape index (κ3) is 4.40.